The highest BCUT2D eigenvalue weighted by atomic mass is 32.3. The van der Waals surface area contributed by atoms with Crippen molar-refractivity contribution in [1.82, 2.24) is 9.13 Å². The molecule has 44 heavy (non-hydrogen) atoms. The van der Waals surface area contributed by atoms with Gasteiger partial charge in [0.25, 0.3) is 0 Å². The van der Waals surface area contributed by atoms with Crippen LogP contribution in [0.25, 0.3) is 28.4 Å². The van der Waals surface area contributed by atoms with E-state index in [9.17, 15) is 0 Å². The zero-order valence-electron chi connectivity index (χ0n) is 25.0. The van der Waals surface area contributed by atoms with Crippen LogP contribution >= 0.6 is 10.0 Å². The van der Waals surface area contributed by atoms with E-state index in [1.165, 1.54) is 53.4 Å². The highest BCUT2D eigenvalue weighted by Crippen LogP contribution is 2.75. The van der Waals surface area contributed by atoms with Crippen molar-refractivity contribution in [3.8, 4) is 5.69 Å². The molecular formula is C41H36N2S. The van der Waals surface area contributed by atoms with E-state index < -0.39 is 10.0 Å². The zero-order chi connectivity index (χ0) is 29.5. The normalized spacial score (nSPS) is 16.6. The Hall–Kier alpha value is -4.73. The fraction of sp³-hybridized carbons (Fsp3) is 0.122. The molecule has 0 spiro atoms. The van der Waals surface area contributed by atoms with Crippen LogP contribution in [0, 0.1) is 5.92 Å². The van der Waals surface area contributed by atoms with Gasteiger partial charge in [0.2, 0.25) is 0 Å². The molecule has 2 heterocycles. The number of hydrogen-bond donors (Lipinski definition) is 0. The van der Waals surface area contributed by atoms with Crippen LogP contribution in [-0.4, -0.2) is 9.13 Å². The summed E-state index contributed by atoms with van der Waals surface area (Å²) in [5.41, 5.74) is 6.43. The van der Waals surface area contributed by atoms with Gasteiger partial charge in [0.05, 0.1) is 15.6 Å². The molecule has 216 valence electrons. The SMILES string of the molecule is CC1C=CC(n2c(S(c3ccccc3)(c3ccccc3)c3cc4c(n3-c3ccccc3)C=CCC4)cc3ccccc32)=CC1. The lowest BCUT2D eigenvalue weighted by molar-refractivity contribution is 0.732. The molecule has 2 nitrogen and oxygen atoms in total. The summed E-state index contributed by atoms with van der Waals surface area (Å²) < 4.78 is 5.14. The maximum atomic E-state index is 2.57. The maximum Gasteiger partial charge on any atom is 0.0768 e. The largest absolute Gasteiger partial charge is 0.305 e. The van der Waals surface area contributed by atoms with Crippen molar-refractivity contribution in [2.24, 2.45) is 5.92 Å². The second-order valence-electron chi connectivity index (χ2n) is 11.8. The average Bonchev–Trinajstić information content (AvgIpc) is 3.67. The third-order valence-corrected chi connectivity index (χ3v) is 12.8. The average molecular weight is 589 g/mol. The molecule has 1 atom stereocenters. The summed E-state index contributed by atoms with van der Waals surface area (Å²) >= 11 is 0. The van der Waals surface area contributed by atoms with Gasteiger partial charge in [0, 0.05) is 32.3 Å². The lowest BCUT2D eigenvalue weighted by Gasteiger charge is -2.42. The maximum absolute atomic E-state index is 2.57. The first-order chi connectivity index (χ1) is 21.7. The minimum absolute atomic E-state index is 0.540. The third-order valence-electron chi connectivity index (χ3n) is 9.01. The van der Waals surface area contributed by atoms with Crippen LogP contribution in [0.3, 0.4) is 0 Å². The summed E-state index contributed by atoms with van der Waals surface area (Å²) in [5, 5.41) is 3.94. The molecule has 2 aromatic heterocycles. The van der Waals surface area contributed by atoms with Crippen molar-refractivity contribution in [1.29, 1.82) is 0 Å². The van der Waals surface area contributed by atoms with E-state index in [-0.39, 0.29) is 0 Å². The Morgan fingerprint density at radius 3 is 1.98 bits per heavy atom. The first kappa shape index (κ1) is 26.9. The molecule has 8 rings (SSSR count). The van der Waals surface area contributed by atoms with Gasteiger partial charge in [-0.2, -0.15) is 0 Å². The quantitative estimate of drug-likeness (QED) is 0.183. The monoisotopic (exact) mass is 588 g/mol. The van der Waals surface area contributed by atoms with Gasteiger partial charge in [-0.1, -0.05) is 97.9 Å². The van der Waals surface area contributed by atoms with Crippen LogP contribution in [0.1, 0.15) is 31.0 Å². The first-order valence-corrected chi connectivity index (χ1v) is 17.3. The van der Waals surface area contributed by atoms with Gasteiger partial charge in [-0.3, -0.25) is 0 Å². The van der Waals surface area contributed by atoms with Gasteiger partial charge in [-0.15, -0.1) is 10.0 Å². The summed E-state index contributed by atoms with van der Waals surface area (Å²) in [6.07, 6.45) is 15.0. The van der Waals surface area contributed by atoms with Crippen LogP contribution in [-0.2, 0) is 6.42 Å². The summed E-state index contributed by atoms with van der Waals surface area (Å²) in [4.78, 5) is 2.67. The van der Waals surface area contributed by atoms with Gasteiger partial charge in [-0.05, 0) is 97.5 Å². The molecule has 0 bridgehead atoms. The third kappa shape index (κ3) is 4.26. The molecular weight excluding hydrogens is 553 g/mol. The van der Waals surface area contributed by atoms with E-state index in [1.54, 1.807) is 0 Å². The van der Waals surface area contributed by atoms with Gasteiger partial charge in [-0.25, -0.2) is 0 Å². The smallest absolute Gasteiger partial charge is 0.0768 e. The summed E-state index contributed by atoms with van der Waals surface area (Å²) in [5.74, 6) is 0.540. The topological polar surface area (TPSA) is 9.86 Å². The Morgan fingerprint density at radius 2 is 1.30 bits per heavy atom. The first-order valence-electron chi connectivity index (χ1n) is 15.6. The fourth-order valence-corrected chi connectivity index (χ4v) is 11.1. The number of aromatic nitrogens is 2. The van der Waals surface area contributed by atoms with Crippen molar-refractivity contribution < 1.29 is 0 Å². The van der Waals surface area contributed by atoms with Crippen LogP contribution in [0.4, 0.5) is 0 Å². The molecule has 2 aliphatic carbocycles. The van der Waals surface area contributed by atoms with E-state index >= 15 is 0 Å². The molecule has 0 amide bonds. The molecule has 0 aliphatic heterocycles. The molecule has 3 heteroatoms. The Balaban J connectivity index is 1.58. The number of rotatable bonds is 6. The predicted octanol–water partition coefficient (Wildman–Crippen LogP) is 11.2. The van der Waals surface area contributed by atoms with E-state index in [2.05, 4.69) is 174 Å². The number of nitrogens with zero attached hydrogens (tertiary/aromatic N) is 2. The van der Waals surface area contributed by atoms with Crippen molar-refractivity contribution in [3.63, 3.8) is 0 Å². The summed E-state index contributed by atoms with van der Waals surface area (Å²) in [6, 6.07) is 47.4. The second kappa shape index (κ2) is 11.1. The minimum atomic E-state index is -2.02. The Morgan fingerprint density at radius 1 is 0.659 bits per heavy atom. The van der Waals surface area contributed by atoms with E-state index in [1.807, 2.05) is 0 Å². The minimum Gasteiger partial charge on any atom is -0.305 e. The highest BCUT2D eigenvalue weighted by molar-refractivity contribution is 8.33. The molecule has 2 aliphatic rings. The van der Waals surface area contributed by atoms with E-state index in [0.29, 0.717) is 5.92 Å². The lowest BCUT2D eigenvalue weighted by Crippen LogP contribution is -2.15. The molecule has 0 saturated carbocycles. The summed E-state index contributed by atoms with van der Waals surface area (Å²) in [7, 11) is -2.02. The molecule has 0 fully saturated rings. The van der Waals surface area contributed by atoms with E-state index in [4.69, 9.17) is 0 Å². The summed E-state index contributed by atoms with van der Waals surface area (Å²) in [6.45, 7) is 2.30. The van der Waals surface area contributed by atoms with Crippen molar-refractivity contribution in [2.45, 2.75) is 46.0 Å². The molecule has 0 radical (unpaired) electrons. The number of fused-ring (bicyclic) bond motifs is 2. The van der Waals surface area contributed by atoms with Gasteiger partial charge >= 0.3 is 0 Å². The number of aryl methyl sites for hydroxylation is 1. The number of para-hydroxylation sites is 2. The molecule has 1 unspecified atom stereocenters. The molecule has 0 saturated heterocycles. The predicted molar refractivity (Wildman–Crippen MR) is 186 cm³/mol. The molecule has 6 aromatic rings. The zero-order valence-corrected chi connectivity index (χ0v) is 25.8. The van der Waals surface area contributed by atoms with Crippen LogP contribution in [0.2, 0.25) is 0 Å². The van der Waals surface area contributed by atoms with Gasteiger partial charge in [0.15, 0.2) is 0 Å². The number of benzene rings is 4. The Labute approximate surface area is 261 Å². The molecule has 4 aromatic carbocycles. The van der Waals surface area contributed by atoms with Crippen LogP contribution < -0.4 is 0 Å². The Bertz CT molecular complexity index is 2000. The standard InChI is InChI=1S/C41H36N2S/c1-31-25-27-35(28-26-31)43-39-24-14-12-16-33(39)30-41(43)44(36-19-7-3-8-20-36,37-21-9-4-10-22-37)40-29-32-15-11-13-23-38(32)42(40)34-17-5-2-6-18-34/h2-10,12-14,16-25,27-31H,11,15,26H2,1H3. The molecule has 0 N–H and O–H groups in total. The van der Waals surface area contributed by atoms with E-state index in [0.717, 1.165) is 19.3 Å². The van der Waals surface area contributed by atoms with Crippen LogP contribution in [0.15, 0.2) is 172 Å². The lowest BCUT2D eigenvalue weighted by atomic mass is 10.0. The Kier molecular flexibility index (Phi) is 6.76. The van der Waals surface area contributed by atoms with Crippen molar-refractivity contribution in [2.75, 3.05) is 0 Å². The van der Waals surface area contributed by atoms with Crippen LogP contribution in [0.5, 0.6) is 0 Å². The fourth-order valence-electron chi connectivity index (χ4n) is 6.91. The van der Waals surface area contributed by atoms with Crippen molar-refractivity contribution >= 4 is 32.7 Å². The van der Waals surface area contributed by atoms with Crippen molar-refractivity contribution in [3.05, 3.63) is 163 Å². The highest BCUT2D eigenvalue weighted by Gasteiger charge is 2.41. The van der Waals surface area contributed by atoms with Gasteiger partial charge < -0.3 is 9.13 Å². The second-order valence-corrected chi connectivity index (χ2v) is 14.8. The number of hydrogen-bond acceptors (Lipinski definition) is 0. The van der Waals surface area contributed by atoms with Gasteiger partial charge in [0.1, 0.15) is 0 Å². The number of allylic oxidation sites excluding steroid dienone is 5.